The molecule has 19 heavy (non-hydrogen) atoms. The van der Waals surface area contributed by atoms with Gasteiger partial charge in [0.2, 0.25) is 5.91 Å². The number of hydrogen-bond donors (Lipinski definition) is 1. The monoisotopic (exact) mass is 283 g/mol. The molecule has 1 N–H and O–H groups in total. The van der Waals surface area contributed by atoms with Crippen LogP contribution in [0.25, 0.3) is 0 Å². The number of amides is 1. The summed E-state index contributed by atoms with van der Waals surface area (Å²) >= 11 is 1.60. The lowest BCUT2D eigenvalue weighted by atomic mass is 10.2. The highest BCUT2D eigenvalue weighted by molar-refractivity contribution is 8.01. The minimum absolute atomic E-state index is 0.0505. The quantitative estimate of drug-likeness (QED) is 0.889. The third kappa shape index (κ3) is 3.28. The van der Waals surface area contributed by atoms with Crippen LogP contribution in [0.2, 0.25) is 0 Å². The zero-order valence-corrected chi connectivity index (χ0v) is 12.3. The maximum atomic E-state index is 13.3. The molecule has 104 valence electrons. The summed E-state index contributed by atoms with van der Waals surface area (Å²) in [5.74, 6) is -0.0937. The number of hydrogen-bond acceptors (Lipinski definition) is 2. The van der Waals surface area contributed by atoms with Gasteiger partial charge in [-0.2, -0.15) is 0 Å². The molecule has 0 bridgehead atoms. The molecule has 0 saturated carbocycles. The number of thioether (sulfide) groups is 1. The van der Waals surface area contributed by atoms with Crippen molar-refractivity contribution < 1.29 is 14.1 Å². The van der Waals surface area contributed by atoms with Gasteiger partial charge in [0.15, 0.2) is 0 Å². The molecule has 0 spiro atoms. The van der Waals surface area contributed by atoms with Crippen molar-refractivity contribution in [3.8, 4) is 0 Å². The van der Waals surface area contributed by atoms with Crippen LogP contribution < -0.4 is 4.90 Å². The van der Waals surface area contributed by atoms with Gasteiger partial charge in [0.1, 0.15) is 11.2 Å². The van der Waals surface area contributed by atoms with E-state index in [1.807, 2.05) is 17.9 Å². The molecular weight excluding hydrogens is 263 g/mol. The first-order chi connectivity index (χ1) is 8.99. The van der Waals surface area contributed by atoms with E-state index in [9.17, 15) is 9.18 Å². The molecule has 1 amide bonds. The molecule has 1 aliphatic heterocycles. The first-order valence-corrected chi connectivity index (χ1v) is 7.43. The highest BCUT2D eigenvalue weighted by Crippen LogP contribution is 2.42. The van der Waals surface area contributed by atoms with Crippen LogP contribution in [-0.2, 0) is 4.79 Å². The Labute approximate surface area is 117 Å². The summed E-state index contributed by atoms with van der Waals surface area (Å²) in [6.07, 6.45) is 0. The van der Waals surface area contributed by atoms with Crippen LogP contribution >= 0.6 is 11.8 Å². The number of carbonyl (C=O) groups excluding carboxylic acids is 1. The summed E-state index contributed by atoms with van der Waals surface area (Å²) in [6, 6.07) is 6.55. The summed E-state index contributed by atoms with van der Waals surface area (Å²) in [5.41, 5.74) is 0.872. The zero-order chi connectivity index (χ0) is 14.0. The Morgan fingerprint density at radius 3 is 2.79 bits per heavy atom. The van der Waals surface area contributed by atoms with Crippen molar-refractivity contribution in [3.63, 3.8) is 0 Å². The second-order valence-corrected chi connectivity index (χ2v) is 6.60. The maximum Gasteiger partial charge on any atom is 0.236 e. The topological polar surface area (TPSA) is 24.8 Å². The summed E-state index contributed by atoms with van der Waals surface area (Å²) in [5, 5.41) is -0.108. The Kier molecular flexibility index (Phi) is 4.47. The van der Waals surface area contributed by atoms with Gasteiger partial charge < -0.3 is 9.80 Å². The lowest BCUT2D eigenvalue weighted by Crippen LogP contribution is -3.06. The van der Waals surface area contributed by atoms with E-state index in [-0.39, 0.29) is 22.3 Å². The second-order valence-electron chi connectivity index (χ2n) is 5.17. The lowest BCUT2D eigenvalue weighted by molar-refractivity contribution is -0.857. The van der Waals surface area contributed by atoms with Crippen LogP contribution in [0.4, 0.5) is 4.39 Å². The summed E-state index contributed by atoms with van der Waals surface area (Å²) in [4.78, 5) is 15.4. The number of rotatable bonds is 4. The Hall–Kier alpha value is -1.07. The molecule has 0 aliphatic carbocycles. The summed E-state index contributed by atoms with van der Waals surface area (Å²) in [7, 11) is 4.13. The van der Waals surface area contributed by atoms with Crippen molar-refractivity contribution in [1.29, 1.82) is 0 Å². The van der Waals surface area contributed by atoms with Gasteiger partial charge in [0.05, 0.1) is 32.4 Å². The van der Waals surface area contributed by atoms with Gasteiger partial charge in [-0.3, -0.25) is 4.79 Å². The molecule has 1 fully saturated rings. The van der Waals surface area contributed by atoms with E-state index in [0.717, 1.165) is 12.1 Å². The molecule has 1 aromatic carbocycles. The van der Waals surface area contributed by atoms with E-state index in [1.165, 1.54) is 17.0 Å². The third-order valence-corrected chi connectivity index (χ3v) is 4.63. The maximum absolute atomic E-state index is 13.3. The molecule has 5 heteroatoms. The Bertz CT molecular complexity index is 467. The highest BCUT2D eigenvalue weighted by Gasteiger charge is 2.38. The normalized spacial score (nSPS) is 23.4. The van der Waals surface area contributed by atoms with E-state index in [4.69, 9.17) is 0 Å². The van der Waals surface area contributed by atoms with Crippen molar-refractivity contribution >= 4 is 17.7 Å². The van der Waals surface area contributed by atoms with Crippen molar-refractivity contribution in [3.05, 3.63) is 35.6 Å². The Balaban J connectivity index is 2.19. The first-order valence-electron chi connectivity index (χ1n) is 6.49. The van der Waals surface area contributed by atoms with Gasteiger partial charge in [-0.1, -0.05) is 12.1 Å². The number of benzene rings is 1. The number of nitrogens with zero attached hydrogens (tertiary/aromatic N) is 1. The van der Waals surface area contributed by atoms with Crippen molar-refractivity contribution in [2.45, 2.75) is 17.5 Å². The minimum Gasteiger partial charge on any atom is -0.338 e. The van der Waals surface area contributed by atoms with E-state index in [1.54, 1.807) is 17.8 Å². The Morgan fingerprint density at radius 2 is 2.16 bits per heavy atom. The predicted molar refractivity (Wildman–Crippen MR) is 75.6 cm³/mol. The SMILES string of the molecule is C[C@@H]1S[C@H](c2cccc(F)c2)N(CC[NH+](C)C)C1=O. The summed E-state index contributed by atoms with van der Waals surface area (Å²) < 4.78 is 13.3. The van der Waals surface area contributed by atoms with Crippen LogP contribution in [0.1, 0.15) is 17.9 Å². The average molecular weight is 283 g/mol. The fourth-order valence-electron chi connectivity index (χ4n) is 2.16. The van der Waals surface area contributed by atoms with E-state index >= 15 is 0 Å². The molecule has 1 saturated heterocycles. The smallest absolute Gasteiger partial charge is 0.236 e. The Morgan fingerprint density at radius 1 is 1.42 bits per heavy atom. The number of halogens is 1. The third-order valence-electron chi connectivity index (χ3n) is 3.23. The van der Waals surface area contributed by atoms with Crippen LogP contribution in [0.3, 0.4) is 0 Å². The van der Waals surface area contributed by atoms with Crippen LogP contribution in [0.5, 0.6) is 0 Å². The van der Waals surface area contributed by atoms with Crippen LogP contribution in [-0.4, -0.2) is 43.2 Å². The van der Waals surface area contributed by atoms with Gasteiger partial charge in [-0.05, 0) is 24.6 Å². The first kappa shape index (κ1) is 14.3. The van der Waals surface area contributed by atoms with Crippen molar-refractivity contribution in [1.82, 2.24) is 4.90 Å². The number of likely N-dealkylation sites (N-methyl/N-ethyl adjacent to an activating group) is 1. The fraction of sp³-hybridized carbons (Fsp3) is 0.500. The van der Waals surface area contributed by atoms with Gasteiger partial charge in [-0.25, -0.2) is 4.39 Å². The molecule has 2 atom stereocenters. The van der Waals surface area contributed by atoms with Gasteiger partial charge >= 0.3 is 0 Å². The average Bonchev–Trinajstić information content (AvgIpc) is 2.63. The standard InChI is InChI=1S/C14H19FN2OS/c1-10-13(18)17(8-7-16(2)3)14(19-10)11-5-4-6-12(15)9-11/h4-6,9-10,14H,7-8H2,1-3H3/p+1/t10-,14+/m0/s1. The van der Waals surface area contributed by atoms with Crippen LogP contribution in [0, 0.1) is 5.82 Å². The predicted octanol–water partition coefficient (Wildman–Crippen LogP) is 0.933. The fourth-order valence-corrected chi connectivity index (χ4v) is 3.46. The van der Waals surface area contributed by atoms with Crippen molar-refractivity contribution in [2.24, 2.45) is 0 Å². The van der Waals surface area contributed by atoms with Crippen LogP contribution in [0.15, 0.2) is 24.3 Å². The number of carbonyl (C=O) groups is 1. The molecule has 0 aromatic heterocycles. The van der Waals surface area contributed by atoms with Gasteiger partial charge in [0, 0.05) is 0 Å². The number of quaternary nitrogens is 1. The molecule has 2 rings (SSSR count). The largest absolute Gasteiger partial charge is 0.338 e. The number of nitrogens with one attached hydrogen (secondary N) is 1. The van der Waals surface area contributed by atoms with E-state index in [0.29, 0.717) is 6.54 Å². The zero-order valence-electron chi connectivity index (χ0n) is 11.5. The molecule has 0 unspecified atom stereocenters. The van der Waals surface area contributed by atoms with Crippen molar-refractivity contribution in [2.75, 3.05) is 27.2 Å². The van der Waals surface area contributed by atoms with Gasteiger partial charge in [-0.15, -0.1) is 11.8 Å². The molecule has 1 aliphatic rings. The highest BCUT2D eigenvalue weighted by atomic mass is 32.2. The molecule has 0 radical (unpaired) electrons. The molecule has 1 heterocycles. The van der Waals surface area contributed by atoms with E-state index < -0.39 is 0 Å². The van der Waals surface area contributed by atoms with Gasteiger partial charge in [0.25, 0.3) is 0 Å². The minimum atomic E-state index is -0.247. The molecular formula is C14H20FN2OS+. The molecule has 3 nitrogen and oxygen atoms in total. The molecule has 1 aromatic rings. The summed E-state index contributed by atoms with van der Waals surface area (Å²) in [6.45, 7) is 3.52. The van der Waals surface area contributed by atoms with E-state index in [2.05, 4.69) is 14.1 Å². The lowest BCUT2D eigenvalue weighted by Gasteiger charge is -2.24. The second kappa shape index (κ2) is 5.92.